The summed E-state index contributed by atoms with van der Waals surface area (Å²) in [4.78, 5) is 29.2. The fourth-order valence-electron chi connectivity index (χ4n) is 6.07. The Morgan fingerprint density at radius 3 is 2.41 bits per heavy atom. The van der Waals surface area contributed by atoms with Crippen molar-refractivity contribution in [3.63, 3.8) is 0 Å². The van der Waals surface area contributed by atoms with Crippen LogP contribution in [0.15, 0.2) is 42.5 Å². The first-order chi connectivity index (χ1) is 17.9. The Kier molecular flexibility index (Phi) is 8.01. The number of carboxylic acids is 1. The number of anilines is 1. The zero-order valence-electron chi connectivity index (χ0n) is 21.5. The molecule has 7 heteroatoms. The first-order valence-electron chi connectivity index (χ1n) is 13.7. The number of carbonyl (C=O) groups is 2. The Hall–Kier alpha value is -2.64. The highest BCUT2D eigenvalue weighted by Crippen LogP contribution is 2.42. The number of nitrogens with zero attached hydrogens (tertiary/aromatic N) is 1. The van der Waals surface area contributed by atoms with Gasteiger partial charge in [0.1, 0.15) is 16.7 Å². The number of allylic oxidation sites excluding steroid dienone is 1. The predicted molar refractivity (Wildman–Crippen MR) is 146 cm³/mol. The van der Waals surface area contributed by atoms with Gasteiger partial charge in [-0.3, -0.25) is 4.79 Å². The average molecular weight is 524 g/mol. The monoisotopic (exact) mass is 523 g/mol. The second kappa shape index (κ2) is 11.4. The van der Waals surface area contributed by atoms with Crippen molar-refractivity contribution in [2.45, 2.75) is 89.4 Å². The number of aliphatic hydroxyl groups is 1. The van der Waals surface area contributed by atoms with Gasteiger partial charge < -0.3 is 19.8 Å². The van der Waals surface area contributed by atoms with Gasteiger partial charge in [-0.1, -0.05) is 31.2 Å². The summed E-state index contributed by atoms with van der Waals surface area (Å²) in [6, 6.07) is 11.6. The molecule has 2 N–H and O–H groups in total. The molecule has 0 aliphatic heterocycles. The van der Waals surface area contributed by atoms with Gasteiger partial charge in [0.05, 0.1) is 11.8 Å². The van der Waals surface area contributed by atoms with Crippen LogP contribution in [0.2, 0.25) is 0 Å². The normalized spacial score (nSPS) is 27.9. The van der Waals surface area contributed by atoms with Crippen molar-refractivity contribution < 1.29 is 24.5 Å². The van der Waals surface area contributed by atoms with Gasteiger partial charge in [-0.25, -0.2) is 4.79 Å². The molecule has 0 spiro atoms. The zero-order valence-corrected chi connectivity index (χ0v) is 22.3. The van der Waals surface area contributed by atoms with E-state index in [2.05, 4.69) is 13.0 Å². The molecule has 1 heterocycles. The third kappa shape index (κ3) is 5.93. The van der Waals surface area contributed by atoms with Gasteiger partial charge in [-0.15, -0.1) is 11.3 Å². The summed E-state index contributed by atoms with van der Waals surface area (Å²) in [6.45, 7) is 2.23. The first kappa shape index (κ1) is 26.0. The minimum atomic E-state index is -0.999. The number of para-hydroxylation sites is 1. The molecule has 1 amide bonds. The first-order valence-corrected chi connectivity index (χ1v) is 14.5. The minimum Gasteiger partial charge on any atom is -0.490 e. The van der Waals surface area contributed by atoms with E-state index in [1.807, 2.05) is 36.4 Å². The largest absolute Gasteiger partial charge is 0.490 e. The van der Waals surface area contributed by atoms with E-state index in [1.165, 1.54) is 11.3 Å². The van der Waals surface area contributed by atoms with Crippen LogP contribution < -0.4 is 9.64 Å². The Labute approximate surface area is 223 Å². The topological polar surface area (TPSA) is 87.1 Å². The SMILES string of the molecule is CC1CCC(C(=O)N(c2cc(C3=CCC(Oc4ccccc4)CC3)sc2C(=O)O)C2CCC(O)C2)CC1. The molecule has 1 aromatic carbocycles. The second-order valence-electron chi connectivity index (χ2n) is 11.0. The number of rotatable bonds is 7. The van der Waals surface area contributed by atoms with Crippen molar-refractivity contribution in [2.24, 2.45) is 11.8 Å². The maximum absolute atomic E-state index is 13.9. The van der Waals surface area contributed by atoms with E-state index in [4.69, 9.17) is 4.74 Å². The Morgan fingerprint density at radius 2 is 1.78 bits per heavy atom. The maximum atomic E-state index is 13.9. The summed E-state index contributed by atoms with van der Waals surface area (Å²) in [7, 11) is 0. The minimum absolute atomic E-state index is 0.0341. The van der Waals surface area contributed by atoms with Crippen molar-refractivity contribution in [2.75, 3.05) is 4.90 Å². The summed E-state index contributed by atoms with van der Waals surface area (Å²) in [5, 5.41) is 20.4. The number of amides is 1. The summed E-state index contributed by atoms with van der Waals surface area (Å²) >= 11 is 1.27. The van der Waals surface area contributed by atoms with Crippen molar-refractivity contribution in [3.8, 4) is 5.75 Å². The molecular weight excluding hydrogens is 486 g/mol. The molecule has 2 fully saturated rings. The molecule has 0 saturated heterocycles. The van der Waals surface area contributed by atoms with Crippen molar-refractivity contribution in [3.05, 3.63) is 52.2 Å². The molecule has 37 heavy (non-hydrogen) atoms. The molecule has 6 nitrogen and oxygen atoms in total. The molecule has 3 unspecified atom stereocenters. The summed E-state index contributed by atoms with van der Waals surface area (Å²) < 4.78 is 6.12. The summed E-state index contributed by atoms with van der Waals surface area (Å²) in [5.74, 6) is 0.444. The molecule has 3 aliphatic rings. The lowest BCUT2D eigenvalue weighted by Gasteiger charge is -2.34. The van der Waals surface area contributed by atoms with Crippen molar-refractivity contribution in [1.82, 2.24) is 0 Å². The molecule has 2 aromatic rings. The standard InChI is InChI=1S/C30H37NO5S/c1-19-7-9-21(10-8-19)29(33)31(22-13-14-23(32)17-22)26-18-27(37-28(26)30(34)35)20-11-15-25(16-12-20)36-24-5-3-2-4-6-24/h2-6,11,18-19,21-23,25,32H,7-10,12-17H2,1H3,(H,34,35). The molecule has 3 aliphatic carbocycles. The molecule has 198 valence electrons. The van der Waals surface area contributed by atoms with E-state index < -0.39 is 12.1 Å². The van der Waals surface area contributed by atoms with Gasteiger partial charge in [0, 0.05) is 23.3 Å². The highest BCUT2D eigenvalue weighted by Gasteiger charge is 2.39. The quantitative estimate of drug-likeness (QED) is 0.431. The van der Waals surface area contributed by atoms with Crippen molar-refractivity contribution in [1.29, 1.82) is 0 Å². The van der Waals surface area contributed by atoms with E-state index in [-0.39, 0.29) is 28.8 Å². The van der Waals surface area contributed by atoms with Crippen LogP contribution in [0.3, 0.4) is 0 Å². The summed E-state index contributed by atoms with van der Waals surface area (Å²) in [6.07, 6.45) is 9.81. The van der Waals surface area contributed by atoms with E-state index in [9.17, 15) is 19.8 Å². The number of carboxylic acid groups (broad SMARTS) is 1. The van der Waals surface area contributed by atoms with Crippen LogP contribution in [-0.4, -0.2) is 40.3 Å². The molecule has 0 bridgehead atoms. The van der Waals surface area contributed by atoms with Gasteiger partial charge in [0.2, 0.25) is 5.91 Å². The van der Waals surface area contributed by atoms with Crippen LogP contribution in [0.4, 0.5) is 5.69 Å². The molecular formula is C30H37NO5S. The highest BCUT2D eigenvalue weighted by molar-refractivity contribution is 7.15. The van der Waals surface area contributed by atoms with Crippen molar-refractivity contribution >= 4 is 34.5 Å². The average Bonchev–Trinajstić information content (AvgIpc) is 3.53. The molecule has 5 rings (SSSR count). The molecule has 2 saturated carbocycles. The lowest BCUT2D eigenvalue weighted by atomic mass is 9.82. The fraction of sp³-hybridized carbons (Fsp3) is 0.533. The number of thiophene rings is 1. The second-order valence-corrected chi connectivity index (χ2v) is 12.0. The number of hydrogen-bond donors (Lipinski definition) is 2. The Morgan fingerprint density at radius 1 is 1.03 bits per heavy atom. The van der Waals surface area contributed by atoms with Crippen LogP contribution in [0.25, 0.3) is 5.57 Å². The van der Waals surface area contributed by atoms with Gasteiger partial charge in [-0.2, -0.15) is 0 Å². The van der Waals surface area contributed by atoms with Gasteiger partial charge in [0.15, 0.2) is 0 Å². The highest BCUT2D eigenvalue weighted by atomic mass is 32.1. The lowest BCUT2D eigenvalue weighted by Crippen LogP contribution is -2.44. The number of aliphatic hydroxyl groups excluding tert-OH is 1. The van der Waals surface area contributed by atoms with Gasteiger partial charge in [-0.05, 0) is 87.5 Å². The number of aromatic carboxylic acids is 1. The number of carbonyl (C=O) groups excluding carboxylic acids is 1. The van der Waals surface area contributed by atoms with Crippen LogP contribution in [0, 0.1) is 11.8 Å². The van der Waals surface area contributed by atoms with Gasteiger partial charge >= 0.3 is 5.97 Å². The van der Waals surface area contributed by atoms with E-state index in [0.29, 0.717) is 30.9 Å². The molecule has 3 atom stereocenters. The van der Waals surface area contributed by atoms with Crippen LogP contribution in [0.5, 0.6) is 5.75 Å². The molecule has 0 radical (unpaired) electrons. The Balaban J connectivity index is 1.40. The Bertz CT molecular complexity index is 1130. The van der Waals surface area contributed by atoms with E-state index in [1.54, 1.807) is 4.90 Å². The summed E-state index contributed by atoms with van der Waals surface area (Å²) in [5.41, 5.74) is 1.63. The third-order valence-electron chi connectivity index (χ3n) is 8.24. The molecule has 1 aromatic heterocycles. The van der Waals surface area contributed by atoms with Crippen LogP contribution in [0.1, 0.15) is 85.7 Å². The lowest BCUT2D eigenvalue weighted by molar-refractivity contribution is -0.124. The van der Waals surface area contributed by atoms with Crippen LogP contribution in [-0.2, 0) is 4.79 Å². The number of hydrogen-bond acceptors (Lipinski definition) is 5. The zero-order chi connectivity index (χ0) is 25.9. The smallest absolute Gasteiger partial charge is 0.348 e. The number of ether oxygens (including phenoxy) is 1. The fourth-order valence-corrected chi connectivity index (χ4v) is 7.13. The number of benzene rings is 1. The maximum Gasteiger partial charge on any atom is 0.348 e. The third-order valence-corrected chi connectivity index (χ3v) is 9.42. The predicted octanol–water partition coefficient (Wildman–Crippen LogP) is 6.53. The van der Waals surface area contributed by atoms with Gasteiger partial charge in [0.25, 0.3) is 0 Å². The van der Waals surface area contributed by atoms with Crippen LogP contribution >= 0.6 is 11.3 Å². The van der Waals surface area contributed by atoms with E-state index in [0.717, 1.165) is 61.1 Å². The van der Waals surface area contributed by atoms with E-state index >= 15 is 0 Å².